The predicted molar refractivity (Wildman–Crippen MR) is 75.8 cm³/mol. The third-order valence-electron chi connectivity index (χ3n) is 3.85. The van der Waals surface area contributed by atoms with E-state index in [-0.39, 0.29) is 0 Å². The van der Waals surface area contributed by atoms with E-state index in [0.29, 0.717) is 18.4 Å². The van der Waals surface area contributed by atoms with E-state index < -0.39 is 0 Å². The van der Waals surface area contributed by atoms with Gasteiger partial charge in [0.05, 0.1) is 18.8 Å². The van der Waals surface area contributed by atoms with Crippen LogP contribution in [0.4, 0.5) is 0 Å². The first kappa shape index (κ1) is 14.1. The predicted octanol–water partition coefficient (Wildman–Crippen LogP) is 2.76. The van der Waals surface area contributed by atoms with Crippen molar-refractivity contribution in [3.63, 3.8) is 0 Å². The molecule has 0 saturated carbocycles. The lowest BCUT2D eigenvalue weighted by Gasteiger charge is -2.24. The molecule has 4 nitrogen and oxygen atoms in total. The lowest BCUT2D eigenvalue weighted by molar-refractivity contribution is -0.132. The maximum atomic E-state index is 12.2. The summed E-state index contributed by atoms with van der Waals surface area (Å²) in [7, 11) is 0. The second-order valence-corrected chi connectivity index (χ2v) is 5.58. The minimum atomic E-state index is 0.333. The molecule has 1 aliphatic rings. The highest BCUT2D eigenvalue weighted by molar-refractivity contribution is 5.76. The third-order valence-corrected chi connectivity index (χ3v) is 3.85. The normalized spacial score (nSPS) is 19.1. The summed E-state index contributed by atoms with van der Waals surface area (Å²) in [4.78, 5) is 14.3. The molecule has 1 aromatic rings. The number of rotatable bonds is 6. The molecule has 106 valence electrons. The molecule has 1 saturated heterocycles. The van der Waals surface area contributed by atoms with E-state index in [1.54, 1.807) is 0 Å². The van der Waals surface area contributed by atoms with Crippen LogP contribution < -0.4 is 0 Å². The van der Waals surface area contributed by atoms with Gasteiger partial charge >= 0.3 is 0 Å². The number of carbonyl (C=O) groups is 1. The summed E-state index contributed by atoms with van der Waals surface area (Å²) in [6.45, 7) is 5.98. The highest BCUT2D eigenvalue weighted by Crippen LogP contribution is 2.20. The Labute approximate surface area is 115 Å². The molecule has 0 aromatic carbocycles. The summed E-state index contributed by atoms with van der Waals surface area (Å²) in [5.41, 5.74) is 1.18. The van der Waals surface area contributed by atoms with Gasteiger partial charge in [-0.25, -0.2) is 0 Å². The number of aryl methyl sites for hydroxylation is 1. The fraction of sp³-hybridized carbons (Fsp3) is 0.733. The van der Waals surface area contributed by atoms with Crippen molar-refractivity contribution >= 4 is 5.91 Å². The average molecular weight is 263 g/mol. The van der Waals surface area contributed by atoms with E-state index in [9.17, 15) is 4.79 Å². The van der Waals surface area contributed by atoms with Crippen LogP contribution in [0.3, 0.4) is 0 Å². The Morgan fingerprint density at radius 2 is 2.32 bits per heavy atom. The van der Waals surface area contributed by atoms with Crippen LogP contribution in [0.5, 0.6) is 0 Å². The fourth-order valence-corrected chi connectivity index (χ4v) is 2.81. The maximum Gasteiger partial charge on any atom is 0.222 e. The first-order valence-electron chi connectivity index (χ1n) is 7.49. The van der Waals surface area contributed by atoms with Crippen molar-refractivity contribution in [3.05, 3.63) is 18.0 Å². The molecule has 1 amide bonds. The van der Waals surface area contributed by atoms with Crippen LogP contribution >= 0.6 is 0 Å². The van der Waals surface area contributed by atoms with Gasteiger partial charge in [0.2, 0.25) is 5.91 Å². The molecule has 1 aliphatic heterocycles. The summed E-state index contributed by atoms with van der Waals surface area (Å²) in [5.74, 6) is 0.333. The summed E-state index contributed by atoms with van der Waals surface area (Å²) in [6.07, 6.45) is 10.2. The van der Waals surface area contributed by atoms with Crippen molar-refractivity contribution in [1.82, 2.24) is 14.7 Å². The monoisotopic (exact) mass is 263 g/mol. The minimum absolute atomic E-state index is 0.333. The van der Waals surface area contributed by atoms with Gasteiger partial charge in [0.15, 0.2) is 0 Å². The number of amides is 1. The van der Waals surface area contributed by atoms with E-state index in [2.05, 4.69) is 23.1 Å². The number of nitrogens with zero attached hydrogens (tertiary/aromatic N) is 3. The van der Waals surface area contributed by atoms with Gasteiger partial charge in [-0.1, -0.05) is 19.8 Å². The minimum Gasteiger partial charge on any atom is -0.338 e. The van der Waals surface area contributed by atoms with Crippen molar-refractivity contribution in [2.24, 2.45) is 0 Å². The van der Waals surface area contributed by atoms with Crippen LogP contribution in [-0.4, -0.2) is 33.2 Å². The van der Waals surface area contributed by atoms with Gasteiger partial charge < -0.3 is 4.90 Å². The Bertz CT molecular complexity index is 413. The zero-order valence-corrected chi connectivity index (χ0v) is 12.1. The Balaban J connectivity index is 1.87. The molecular weight excluding hydrogens is 238 g/mol. The number of hydrogen-bond donors (Lipinski definition) is 0. The van der Waals surface area contributed by atoms with Crippen molar-refractivity contribution in [3.8, 4) is 0 Å². The number of aromatic nitrogens is 2. The van der Waals surface area contributed by atoms with Gasteiger partial charge in [0.1, 0.15) is 0 Å². The zero-order chi connectivity index (χ0) is 13.7. The zero-order valence-electron chi connectivity index (χ0n) is 12.1. The molecule has 0 spiro atoms. The largest absolute Gasteiger partial charge is 0.338 e. The highest BCUT2D eigenvalue weighted by Gasteiger charge is 2.28. The molecule has 1 atom stereocenters. The van der Waals surface area contributed by atoms with Crippen LogP contribution in [0, 0.1) is 6.92 Å². The molecule has 19 heavy (non-hydrogen) atoms. The van der Waals surface area contributed by atoms with Crippen LogP contribution in [0.1, 0.15) is 51.0 Å². The molecule has 0 N–H and O–H groups in total. The summed E-state index contributed by atoms with van der Waals surface area (Å²) in [5, 5.41) is 4.33. The molecule has 1 aromatic heterocycles. The Hall–Kier alpha value is -1.32. The molecule has 0 radical (unpaired) electrons. The smallest absolute Gasteiger partial charge is 0.222 e. The quantitative estimate of drug-likeness (QED) is 0.740. The van der Waals surface area contributed by atoms with Gasteiger partial charge in [-0.05, 0) is 31.7 Å². The van der Waals surface area contributed by atoms with Crippen molar-refractivity contribution in [1.29, 1.82) is 0 Å². The molecule has 2 heterocycles. The number of unbranched alkanes of at least 4 members (excludes halogenated alkanes) is 2. The van der Waals surface area contributed by atoms with Gasteiger partial charge in [-0.3, -0.25) is 9.48 Å². The van der Waals surface area contributed by atoms with Crippen LogP contribution in [0.2, 0.25) is 0 Å². The summed E-state index contributed by atoms with van der Waals surface area (Å²) in [6, 6.07) is 0.341. The first-order valence-corrected chi connectivity index (χ1v) is 7.49. The maximum absolute atomic E-state index is 12.2. The number of likely N-dealkylation sites (tertiary alicyclic amines) is 1. The molecule has 2 rings (SSSR count). The molecule has 0 aliphatic carbocycles. The van der Waals surface area contributed by atoms with E-state index in [1.807, 2.05) is 17.8 Å². The highest BCUT2D eigenvalue weighted by atomic mass is 16.2. The Kier molecular flexibility index (Phi) is 5.00. The topological polar surface area (TPSA) is 38.1 Å². The van der Waals surface area contributed by atoms with E-state index in [4.69, 9.17) is 0 Å². The lowest BCUT2D eigenvalue weighted by Crippen LogP contribution is -2.38. The molecular formula is C15H25N3O. The van der Waals surface area contributed by atoms with E-state index >= 15 is 0 Å². The van der Waals surface area contributed by atoms with Gasteiger partial charge in [0.25, 0.3) is 0 Å². The number of carbonyl (C=O) groups excluding carboxylic acids is 1. The standard InChI is InChI=1S/C15H25N3O/c1-3-4-5-8-15(19)18-9-6-7-14(18)12-17-11-13(2)10-16-17/h10-11,14H,3-9,12H2,1-2H3/t14-/m1/s1. The van der Waals surface area contributed by atoms with Gasteiger partial charge in [-0.15, -0.1) is 0 Å². The van der Waals surface area contributed by atoms with Gasteiger partial charge in [0, 0.05) is 19.2 Å². The fourth-order valence-electron chi connectivity index (χ4n) is 2.81. The van der Waals surface area contributed by atoms with Gasteiger partial charge in [-0.2, -0.15) is 5.10 Å². The molecule has 1 fully saturated rings. The van der Waals surface area contributed by atoms with Crippen molar-refractivity contribution in [2.75, 3.05) is 6.54 Å². The average Bonchev–Trinajstić information content (AvgIpc) is 2.99. The third kappa shape index (κ3) is 3.82. The van der Waals surface area contributed by atoms with Crippen molar-refractivity contribution < 1.29 is 4.79 Å². The van der Waals surface area contributed by atoms with Crippen LogP contribution in [0.25, 0.3) is 0 Å². The lowest BCUT2D eigenvalue weighted by atomic mass is 10.1. The molecule has 0 bridgehead atoms. The van der Waals surface area contributed by atoms with E-state index in [1.165, 1.54) is 12.0 Å². The summed E-state index contributed by atoms with van der Waals surface area (Å²) >= 11 is 0. The second kappa shape index (κ2) is 6.73. The number of hydrogen-bond acceptors (Lipinski definition) is 2. The Morgan fingerprint density at radius 1 is 1.47 bits per heavy atom. The molecule has 4 heteroatoms. The first-order chi connectivity index (χ1) is 9.20. The van der Waals surface area contributed by atoms with E-state index in [0.717, 1.165) is 38.8 Å². The van der Waals surface area contributed by atoms with Crippen LogP contribution in [0.15, 0.2) is 12.4 Å². The SMILES string of the molecule is CCCCCC(=O)N1CCC[C@@H]1Cn1cc(C)cn1. The molecule has 0 unspecified atom stereocenters. The van der Waals surface area contributed by atoms with Crippen molar-refractivity contribution in [2.45, 2.75) is 65.0 Å². The van der Waals surface area contributed by atoms with Crippen LogP contribution in [-0.2, 0) is 11.3 Å². The Morgan fingerprint density at radius 3 is 3.00 bits per heavy atom. The summed E-state index contributed by atoms with van der Waals surface area (Å²) < 4.78 is 1.97. The second-order valence-electron chi connectivity index (χ2n) is 5.58.